The van der Waals surface area contributed by atoms with E-state index in [4.69, 9.17) is 16.7 Å². The van der Waals surface area contributed by atoms with Gasteiger partial charge >= 0.3 is 5.97 Å². The summed E-state index contributed by atoms with van der Waals surface area (Å²) in [6.45, 7) is 4.71. The predicted octanol–water partition coefficient (Wildman–Crippen LogP) is 2.81. The van der Waals surface area contributed by atoms with Gasteiger partial charge in [-0.2, -0.15) is 0 Å². The van der Waals surface area contributed by atoms with Crippen LogP contribution in [0.5, 0.6) is 0 Å². The second-order valence-electron chi connectivity index (χ2n) is 3.68. The molecule has 0 saturated heterocycles. The van der Waals surface area contributed by atoms with Crippen LogP contribution in [0, 0.1) is 0 Å². The first-order chi connectivity index (χ1) is 7.54. The number of hydrogen-bond acceptors (Lipinski definition) is 2. The lowest BCUT2D eigenvalue weighted by Crippen LogP contribution is -2.32. The van der Waals surface area contributed by atoms with Crippen molar-refractivity contribution in [2.24, 2.45) is 0 Å². The number of halogens is 1. The van der Waals surface area contributed by atoms with Gasteiger partial charge in [0.05, 0.1) is 6.54 Å². The Kier molecular flexibility index (Phi) is 4.77. The minimum atomic E-state index is -0.803. The Labute approximate surface area is 101 Å². The van der Waals surface area contributed by atoms with Gasteiger partial charge in [0, 0.05) is 11.1 Å². The SMILES string of the molecule is CCN(CC(=O)O)C(C)c1ccc(Cl)cc1. The van der Waals surface area contributed by atoms with E-state index in [0.29, 0.717) is 11.6 Å². The monoisotopic (exact) mass is 241 g/mol. The van der Waals surface area contributed by atoms with Crippen molar-refractivity contribution in [3.05, 3.63) is 34.9 Å². The van der Waals surface area contributed by atoms with Gasteiger partial charge in [0.15, 0.2) is 0 Å². The van der Waals surface area contributed by atoms with Crippen LogP contribution in [0.15, 0.2) is 24.3 Å². The third-order valence-electron chi connectivity index (χ3n) is 2.64. The molecule has 0 heterocycles. The molecule has 1 rings (SSSR count). The lowest BCUT2D eigenvalue weighted by molar-refractivity contribution is -0.138. The first-order valence-corrected chi connectivity index (χ1v) is 5.63. The molecule has 0 bridgehead atoms. The Morgan fingerprint density at radius 3 is 2.44 bits per heavy atom. The molecule has 1 unspecified atom stereocenters. The Bertz CT molecular complexity index is 351. The molecule has 0 spiro atoms. The molecule has 0 fully saturated rings. The maximum atomic E-state index is 10.7. The number of carboxylic acids is 1. The lowest BCUT2D eigenvalue weighted by atomic mass is 10.1. The molecule has 0 aromatic heterocycles. The number of nitrogens with zero attached hydrogens (tertiary/aromatic N) is 1. The van der Waals surface area contributed by atoms with Gasteiger partial charge < -0.3 is 5.11 Å². The van der Waals surface area contributed by atoms with Crippen molar-refractivity contribution in [1.82, 2.24) is 4.90 Å². The second-order valence-corrected chi connectivity index (χ2v) is 4.12. The highest BCUT2D eigenvalue weighted by atomic mass is 35.5. The number of carbonyl (C=O) groups is 1. The Morgan fingerprint density at radius 1 is 1.44 bits per heavy atom. The van der Waals surface area contributed by atoms with Crippen LogP contribution in [-0.2, 0) is 4.79 Å². The van der Waals surface area contributed by atoms with Crippen LogP contribution in [0.25, 0.3) is 0 Å². The Balaban J connectivity index is 2.78. The van der Waals surface area contributed by atoms with Crippen molar-refractivity contribution in [3.63, 3.8) is 0 Å². The molecular weight excluding hydrogens is 226 g/mol. The van der Waals surface area contributed by atoms with E-state index in [1.54, 1.807) is 0 Å². The zero-order chi connectivity index (χ0) is 12.1. The summed E-state index contributed by atoms with van der Waals surface area (Å²) in [4.78, 5) is 12.6. The standard InChI is InChI=1S/C12H16ClNO2/c1-3-14(8-12(15)16)9(2)10-4-6-11(13)7-5-10/h4-7,9H,3,8H2,1-2H3,(H,15,16). The molecule has 1 aromatic carbocycles. The van der Waals surface area contributed by atoms with Crippen molar-refractivity contribution in [1.29, 1.82) is 0 Å². The lowest BCUT2D eigenvalue weighted by Gasteiger charge is -2.26. The molecule has 0 radical (unpaired) electrons. The summed E-state index contributed by atoms with van der Waals surface area (Å²) in [7, 11) is 0. The molecule has 1 aromatic rings. The summed E-state index contributed by atoms with van der Waals surface area (Å²) in [6, 6.07) is 7.58. The van der Waals surface area contributed by atoms with E-state index in [9.17, 15) is 4.79 Å². The van der Waals surface area contributed by atoms with Gasteiger partial charge in [-0.05, 0) is 31.2 Å². The van der Waals surface area contributed by atoms with Gasteiger partial charge in [0.25, 0.3) is 0 Å². The molecule has 1 N–H and O–H groups in total. The van der Waals surface area contributed by atoms with Crippen LogP contribution in [0.1, 0.15) is 25.5 Å². The van der Waals surface area contributed by atoms with E-state index in [0.717, 1.165) is 5.56 Å². The Morgan fingerprint density at radius 2 is 2.00 bits per heavy atom. The van der Waals surface area contributed by atoms with Crippen LogP contribution in [0.2, 0.25) is 5.02 Å². The molecule has 4 heteroatoms. The smallest absolute Gasteiger partial charge is 0.317 e. The van der Waals surface area contributed by atoms with Gasteiger partial charge in [-0.25, -0.2) is 0 Å². The number of hydrogen-bond donors (Lipinski definition) is 1. The molecule has 0 aliphatic heterocycles. The average Bonchev–Trinajstić information content (AvgIpc) is 2.25. The van der Waals surface area contributed by atoms with Crippen molar-refractivity contribution in [2.75, 3.05) is 13.1 Å². The fourth-order valence-electron chi connectivity index (χ4n) is 1.65. The van der Waals surface area contributed by atoms with Crippen molar-refractivity contribution >= 4 is 17.6 Å². The quantitative estimate of drug-likeness (QED) is 0.862. The molecule has 88 valence electrons. The van der Waals surface area contributed by atoms with Crippen LogP contribution in [-0.4, -0.2) is 29.1 Å². The summed E-state index contributed by atoms with van der Waals surface area (Å²) >= 11 is 5.81. The minimum absolute atomic E-state index is 0.0558. The van der Waals surface area contributed by atoms with Gasteiger partial charge in [0.2, 0.25) is 0 Å². The third kappa shape index (κ3) is 3.51. The zero-order valence-corrected chi connectivity index (χ0v) is 10.2. The van der Waals surface area contributed by atoms with E-state index in [1.807, 2.05) is 43.0 Å². The predicted molar refractivity (Wildman–Crippen MR) is 64.7 cm³/mol. The number of likely N-dealkylation sites (N-methyl/N-ethyl adjacent to an activating group) is 1. The number of benzene rings is 1. The molecule has 0 aliphatic carbocycles. The van der Waals surface area contributed by atoms with E-state index >= 15 is 0 Å². The van der Waals surface area contributed by atoms with Gasteiger partial charge in [0.1, 0.15) is 0 Å². The Hall–Kier alpha value is -1.06. The second kappa shape index (κ2) is 5.87. The zero-order valence-electron chi connectivity index (χ0n) is 9.48. The highest BCUT2D eigenvalue weighted by molar-refractivity contribution is 6.30. The van der Waals surface area contributed by atoms with Crippen LogP contribution >= 0.6 is 11.6 Å². The van der Waals surface area contributed by atoms with E-state index in [1.165, 1.54) is 0 Å². The molecular formula is C12H16ClNO2. The third-order valence-corrected chi connectivity index (χ3v) is 2.90. The highest BCUT2D eigenvalue weighted by Gasteiger charge is 2.16. The fraction of sp³-hybridized carbons (Fsp3) is 0.417. The number of carboxylic acid groups (broad SMARTS) is 1. The average molecular weight is 242 g/mol. The van der Waals surface area contributed by atoms with Gasteiger partial charge in [-0.1, -0.05) is 30.7 Å². The van der Waals surface area contributed by atoms with Crippen molar-refractivity contribution in [3.8, 4) is 0 Å². The van der Waals surface area contributed by atoms with E-state index in [2.05, 4.69) is 0 Å². The maximum Gasteiger partial charge on any atom is 0.317 e. The summed E-state index contributed by atoms with van der Waals surface area (Å²) in [6.07, 6.45) is 0. The van der Waals surface area contributed by atoms with Crippen molar-refractivity contribution < 1.29 is 9.90 Å². The van der Waals surface area contributed by atoms with Gasteiger partial charge in [-0.3, -0.25) is 9.69 Å². The molecule has 0 saturated carbocycles. The maximum absolute atomic E-state index is 10.7. The normalized spacial score (nSPS) is 12.8. The number of rotatable bonds is 5. The topological polar surface area (TPSA) is 40.5 Å². The first kappa shape index (κ1) is 13.0. The van der Waals surface area contributed by atoms with Crippen LogP contribution in [0.4, 0.5) is 0 Å². The summed E-state index contributed by atoms with van der Waals surface area (Å²) in [5.74, 6) is -0.803. The van der Waals surface area contributed by atoms with Crippen LogP contribution < -0.4 is 0 Å². The molecule has 1 atom stereocenters. The van der Waals surface area contributed by atoms with E-state index < -0.39 is 5.97 Å². The summed E-state index contributed by atoms with van der Waals surface area (Å²) in [5.41, 5.74) is 1.08. The number of aliphatic carboxylic acids is 1. The van der Waals surface area contributed by atoms with Gasteiger partial charge in [-0.15, -0.1) is 0 Å². The van der Waals surface area contributed by atoms with Crippen molar-refractivity contribution in [2.45, 2.75) is 19.9 Å². The first-order valence-electron chi connectivity index (χ1n) is 5.26. The fourth-order valence-corrected chi connectivity index (χ4v) is 1.77. The molecule has 0 amide bonds. The summed E-state index contributed by atoms with van der Waals surface area (Å²) < 4.78 is 0. The van der Waals surface area contributed by atoms with Crippen LogP contribution in [0.3, 0.4) is 0 Å². The largest absolute Gasteiger partial charge is 0.480 e. The summed E-state index contributed by atoms with van der Waals surface area (Å²) in [5, 5.41) is 9.48. The molecule has 0 aliphatic rings. The highest BCUT2D eigenvalue weighted by Crippen LogP contribution is 2.21. The molecule has 3 nitrogen and oxygen atoms in total. The van der Waals surface area contributed by atoms with E-state index in [-0.39, 0.29) is 12.6 Å². The molecule has 16 heavy (non-hydrogen) atoms. The minimum Gasteiger partial charge on any atom is -0.480 e.